The van der Waals surface area contributed by atoms with Gasteiger partial charge in [0.2, 0.25) is 0 Å². The van der Waals surface area contributed by atoms with Crippen LogP contribution in [-0.2, 0) is 14.3 Å². The molecule has 7 heteroatoms. The zero-order valence-corrected chi connectivity index (χ0v) is 7.81. The molecule has 1 unspecified atom stereocenters. The second-order valence-electron chi connectivity index (χ2n) is 2.70. The van der Waals surface area contributed by atoms with E-state index in [9.17, 15) is 14.4 Å². The molecule has 1 rings (SSSR count). The van der Waals surface area contributed by atoms with Crippen LogP contribution in [0.2, 0.25) is 0 Å². The summed E-state index contributed by atoms with van der Waals surface area (Å²) in [5.74, 6) is -1.47. The number of alkyl carbamates (subject to hydrolysis) is 1. The fourth-order valence-electron chi connectivity index (χ4n) is 0.445. The Bertz CT molecular complexity index is 250. The quantitative estimate of drug-likeness (QED) is 0.374. The van der Waals surface area contributed by atoms with Crippen LogP contribution >= 0.6 is 0 Å². The minimum Gasteiger partial charge on any atom is -0.480 e. The van der Waals surface area contributed by atoms with Crippen molar-refractivity contribution < 1.29 is 24.2 Å². The van der Waals surface area contributed by atoms with Crippen molar-refractivity contribution in [2.45, 2.75) is 25.9 Å². The van der Waals surface area contributed by atoms with Crippen molar-refractivity contribution in [2.24, 2.45) is 5.73 Å². The number of aliphatic carboxylic acids is 1. The number of nitrogens with one attached hydrogen (secondary N) is 1. The lowest BCUT2D eigenvalue weighted by Crippen LogP contribution is -2.25. The number of nitrogens with two attached hydrogens (primary N) is 1. The van der Waals surface area contributed by atoms with Crippen molar-refractivity contribution in [3.05, 3.63) is 0 Å². The van der Waals surface area contributed by atoms with Gasteiger partial charge in [-0.25, -0.2) is 9.59 Å². The molecule has 4 N–H and O–H groups in total. The van der Waals surface area contributed by atoms with Crippen molar-refractivity contribution in [3.63, 3.8) is 0 Å². The molecule has 0 aromatic rings. The first-order chi connectivity index (χ1) is 6.34. The third-order valence-corrected chi connectivity index (χ3v) is 1.27. The monoisotopic (exact) mass is 204 g/mol. The number of cyclic esters (lactones) is 2. The van der Waals surface area contributed by atoms with E-state index in [1.165, 1.54) is 6.92 Å². The molecule has 1 saturated heterocycles. The number of hydrogen-bond donors (Lipinski definition) is 3. The Morgan fingerprint density at radius 3 is 2.14 bits per heavy atom. The van der Waals surface area contributed by atoms with Crippen molar-refractivity contribution in [1.29, 1.82) is 0 Å². The summed E-state index contributed by atoms with van der Waals surface area (Å²) in [6.07, 6.45) is -0.650. The Kier molecular flexibility index (Phi) is 4.57. The van der Waals surface area contributed by atoms with Crippen LogP contribution in [0.5, 0.6) is 0 Å². The highest BCUT2D eigenvalue weighted by molar-refractivity contribution is 5.95. The lowest BCUT2D eigenvalue weighted by molar-refractivity contribution is -0.138. The molecule has 14 heavy (non-hydrogen) atoms. The van der Waals surface area contributed by atoms with Crippen LogP contribution in [0.25, 0.3) is 0 Å². The van der Waals surface area contributed by atoms with Crippen LogP contribution in [0.1, 0.15) is 13.8 Å². The molecule has 0 aliphatic carbocycles. The van der Waals surface area contributed by atoms with E-state index in [-0.39, 0.29) is 0 Å². The van der Waals surface area contributed by atoms with Gasteiger partial charge in [0.15, 0.2) is 0 Å². The first kappa shape index (κ1) is 12.4. The summed E-state index contributed by atoms with van der Waals surface area (Å²) in [5.41, 5.74) is 4.84. The zero-order valence-electron chi connectivity index (χ0n) is 7.81. The van der Waals surface area contributed by atoms with E-state index in [0.717, 1.165) is 0 Å². The Hall–Kier alpha value is -1.63. The molecule has 80 valence electrons. The summed E-state index contributed by atoms with van der Waals surface area (Å²) in [6.45, 7) is 2.98. The summed E-state index contributed by atoms with van der Waals surface area (Å²) >= 11 is 0. The maximum atomic E-state index is 10.3. The Morgan fingerprint density at radius 2 is 2.07 bits per heavy atom. The summed E-state index contributed by atoms with van der Waals surface area (Å²) in [4.78, 5) is 30.0. The minimum atomic E-state index is -0.963. The van der Waals surface area contributed by atoms with E-state index < -0.39 is 30.1 Å². The van der Waals surface area contributed by atoms with Crippen LogP contribution < -0.4 is 11.1 Å². The van der Waals surface area contributed by atoms with Gasteiger partial charge in [-0.2, -0.15) is 0 Å². The smallest absolute Gasteiger partial charge is 0.415 e. The SMILES string of the molecule is CC1NC(=O)OC1=O.C[C@H](N)C(=O)O. The maximum Gasteiger partial charge on any atom is 0.415 e. The fourth-order valence-corrected chi connectivity index (χ4v) is 0.445. The molecular weight excluding hydrogens is 192 g/mol. The average molecular weight is 204 g/mol. The highest BCUT2D eigenvalue weighted by atomic mass is 16.6. The number of ether oxygens (including phenoxy) is 1. The molecule has 7 nitrogen and oxygen atoms in total. The van der Waals surface area contributed by atoms with Gasteiger partial charge in [-0.1, -0.05) is 0 Å². The second kappa shape index (κ2) is 5.18. The van der Waals surface area contributed by atoms with Crippen molar-refractivity contribution >= 4 is 18.0 Å². The maximum absolute atomic E-state index is 10.3. The number of hydrogen-bond acceptors (Lipinski definition) is 5. The van der Waals surface area contributed by atoms with Crippen LogP contribution in [0.15, 0.2) is 0 Å². The number of amides is 1. The molecule has 1 fully saturated rings. The van der Waals surface area contributed by atoms with Gasteiger partial charge in [0.25, 0.3) is 0 Å². The Labute approximate surface area is 80.2 Å². The van der Waals surface area contributed by atoms with Crippen molar-refractivity contribution in [2.75, 3.05) is 0 Å². The summed E-state index contributed by atoms with van der Waals surface area (Å²) in [6, 6.07) is -1.20. The van der Waals surface area contributed by atoms with Crippen molar-refractivity contribution in [3.8, 4) is 0 Å². The second-order valence-corrected chi connectivity index (χ2v) is 2.70. The lowest BCUT2D eigenvalue weighted by atomic mass is 10.4. The first-order valence-electron chi connectivity index (χ1n) is 3.85. The lowest BCUT2D eigenvalue weighted by Gasteiger charge is -1.90. The molecule has 1 aliphatic heterocycles. The number of rotatable bonds is 1. The summed E-state index contributed by atoms with van der Waals surface area (Å²) in [7, 11) is 0. The molecule has 0 aromatic heterocycles. The minimum absolute atomic E-state index is 0.470. The van der Waals surface area contributed by atoms with E-state index >= 15 is 0 Å². The van der Waals surface area contributed by atoms with E-state index in [1.54, 1.807) is 6.92 Å². The van der Waals surface area contributed by atoms with E-state index in [0.29, 0.717) is 0 Å². The third-order valence-electron chi connectivity index (χ3n) is 1.27. The molecule has 1 amide bonds. The zero-order chi connectivity index (χ0) is 11.3. The predicted molar refractivity (Wildman–Crippen MR) is 45.4 cm³/mol. The Morgan fingerprint density at radius 1 is 1.64 bits per heavy atom. The molecular formula is C7H12N2O5. The van der Waals surface area contributed by atoms with Gasteiger partial charge in [0.1, 0.15) is 12.1 Å². The number of carbonyl (C=O) groups excluding carboxylic acids is 2. The highest BCUT2D eigenvalue weighted by Gasteiger charge is 2.27. The molecule has 1 heterocycles. The van der Waals surface area contributed by atoms with Gasteiger partial charge in [0, 0.05) is 0 Å². The van der Waals surface area contributed by atoms with Crippen LogP contribution in [0, 0.1) is 0 Å². The van der Waals surface area contributed by atoms with E-state index in [4.69, 9.17) is 10.8 Å². The molecule has 2 atom stereocenters. The van der Waals surface area contributed by atoms with E-state index in [1.807, 2.05) is 0 Å². The van der Waals surface area contributed by atoms with Gasteiger partial charge < -0.3 is 20.9 Å². The summed E-state index contributed by atoms with van der Waals surface area (Å²) in [5, 5.41) is 10.1. The van der Waals surface area contributed by atoms with Gasteiger partial charge in [-0.05, 0) is 13.8 Å². The molecule has 0 bridgehead atoms. The molecule has 0 spiro atoms. The Balaban J connectivity index is 0.000000255. The number of carboxylic acid groups (broad SMARTS) is 1. The predicted octanol–water partition coefficient (Wildman–Crippen LogP) is -0.940. The van der Waals surface area contributed by atoms with Gasteiger partial charge >= 0.3 is 18.0 Å². The third kappa shape index (κ3) is 4.41. The standard InChI is InChI=1S/C4H5NO3.C3H7NO2/c1-2-3(6)8-4(7)5-2;1-2(4)3(5)6/h2H,1H3,(H,5,7);2H,4H2,1H3,(H,5,6)/t;2-/m.0/s1. The topological polar surface area (TPSA) is 119 Å². The molecule has 0 saturated carbocycles. The van der Waals surface area contributed by atoms with Crippen LogP contribution in [-0.4, -0.2) is 35.2 Å². The van der Waals surface area contributed by atoms with Gasteiger partial charge in [0.05, 0.1) is 0 Å². The van der Waals surface area contributed by atoms with Crippen LogP contribution in [0.4, 0.5) is 4.79 Å². The van der Waals surface area contributed by atoms with Gasteiger partial charge in [-0.3, -0.25) is 4.79 Å². The van der Waals surface area contributed by atoms with Crippen molar-refractivity contribution in [1.82, 2.24) is 5.32 Å². The fraction of sp³-hybridized carbons (Fsp3) is 0.571. The largest absolute Gasteiger partial charge is 0.480 e. The van der Waals surface area contributed by atoms with Crippen LogP contribution in [0.3, 0.4) is 0 Å². The normalized spacial score (nSPS) is 21.5. The number of carbonyl (C=O) groups is 3. The molecule has 1 aliphatic rings. The van der Waals surface area contributed by atoms with Gasteiger partial charge in [-0.15, -0.1) is 0 Å². The highest BCUT2D eigenvalue weighted by Crippen LogP contribution is 1.96. The number of esters is 1. The average Bonchev–Trinajstić information content (AvgIpc) is 2.30. The van der Waals surface area contributed by atoms with E-state index in [2.05, 4.69) is 10.1 Å². The molecule has 0 radical (unpaired) electrons. The first-order valence-corrected chi connectivity index (χ1v) is 3.85. The summed E-state index contributed by atoms with van der Waals surface area (Å²) < 4.78 is 4.08. The number of carboxylic acids is 1. The molecule has 0 aromatic carbocycles.